The number of hydrogen-bond donors (Lipinski definition) is 1. The topological polar surface area (TPSA) is 38.7 Å². The van der Waals surface area contributed by atoms with E-state index < -0.39 is 0 Å². The highest BCUT2D eigenvalue weighted by Crippen LogP contribution is 2.29. The van der Waals surface area contributed by atoms with Crippen molar-refractivity contribution in [1.82, 2.24) is 0 Å². The number of aromatic hydroxyl groups is 1. The summed E-state index contributed by atoms with van der Waals surface area (Å²) in [4.78, 5) is 0. The van der Waals surface area contributed by atoms with Gasteiger partial charge in [-0.3, -0.25) is 0 Å². The monoisotopic (exact) mass is 614 g/mol. The van der Waals surface area contributed by atoms with E-state index in [1.807, 2.05) is 6.07 Å². The first-order valence-corrected chi connectivity index (χ1v) is 18.3. The molecule has 0 aromatic heterocycles. The Kier molecular flexibility index (Phi) is 17.6. The number of aryl methyl sites for hydroxylation is 2. The molecule has 0 fully saturated rings. The Bertz CT molecular complexity index is 1200. The Balaban J connectivity index is 1.54. The average Bonchev–Trinajstić information content (AvgIpc) is 3.03. The minimum Gasteiger partial charge on any atom is -0.508 e. The molecule has 0 aliphatic heterocycles. The van der Waals surface area contributed by atoms with Gasteiger partial charge in [0.15, 0.2) is 0 Å². The molecule has 0 saturated carbocycles. The highest BCUT2D eigenvalue weighted by Gasteiger charge is 2.17. The predicted octanol–water partition coefficient (Wildman–Crippen LogP) is 12.0. The van der Waals surface area contributed by atoms with Crippen LogP contribution < -0.4 is 9.47 Å². The molecular weight excluding hydrogens is 552 g/mol. The Hall–Kier alpha value is -2.94. The van der Waals surface area contributed by atoms with Gasteiger partial charge in [-0.25, -0.2) is 0 Å². The fourth-order valence-electron chi connectivity index (χ4n) is 6.36. The van der Waals surface area contributed by atoms with Gasteiger partial charge >= 0.3 is 0 Å². The molecule has 3 heteroatoms. The zero-order chi connectivity index (χ0) is 32.1. The summed E-state index contributed by atoms with van der Waals surface area (Å²) in [6.07, 6.45) is 21.8. The van der Waals surface area contributed by atoms with Gasteiger partial charge in [-0.15, -0.1) is 0 Å². The molecule has 3 aromatic carbocycles. The second-order valence-corrected chi connectivity index (χ2v) is 13.1. The van der Waals surface area contributed by atoms with Gasteiger partial charge in [0, 0.05) is 18.4 Å². The van der Waals surface area contributed by atoms with Gasteiger partial charge in [0.25, 0.3) is 0 Å². The number of hydrogen-bond acceptors (Lipinski definition) is 3. The van der Waals surface area contributed by atoms with Crippen LogP contribution in [0.15, 0.2) is 66.7 Å². The minimum atomic E-state index is -0.0637. The Morgan fingerprint density at radius 3 is 1.42 bits per heavy atom. The summed E-state index contributed by atoms with van der Waals surface area (Å²) in [5.74, 6) is 2.31. The van der Waals surface area contributed by atoms with E-state index in [1.165, 1.54) is 101 Å². The van der Waals surface area contributed by atoms with E-state index in [-0.39, 0.29) is 12.2 Å². The molecule has 0 bridgehead atoms. The minimum absolute atomic E-state index is 0.0142. The highest BCUT2D eigenvalue weighted by atomic mass is 16.5. The molecule has 3 nitrogen and oxygen atoms in total. The van der Waals surface area contributed by atoms with E-state index in [1.54, 1.807) is 6.07 Å². The number of phenolic OH excluding ortho intramolecular Hbond substituents is 1. The third kappa shape index (κ3) is 13.9. The fraction of sp³-hybridized carbons (Fsp3) is 0.571. The number of rotatable bonds is 24. The van der Waals surface area contributed by atoms with Crippen LogP contribution in [0.5, 0.6) is 17.2 Å². The maximum absolute atomic E-state index is 10.9. The summed E-state index contributed by atoms with van der Waals surface area (Å²) in [5, 5.41) is 10.9. The number of ether oxygens (including phenoxy) is 2. The summed E-state index contributed by atoms with van der Waals surface area (Å²) in [7, 11) is 0. The van der Waals surface area contributed by atoms with Crippen molar-refractivity contribution in [2.75, 3.05) is 0 Å². The second-order valence-electron chi connectivity index (χ2n) is 13.1. The fourth-order valence-corrected chi connectivity index (χ4v) is 6.36. The molecule has 0 aliphatic carbocycles. The van der Waals surface area contributed by atoms with Crippen molar-refractivity contribution in [1.29, 1.82) is 0 Å². The van der Waals surface area contributed by atoms with Crippen LogP contribution in [0.3, 0.4) is 0 Å². The van der Waals surface area contributed by atoms with E-state index in [9.17, 15) is 5.11 Å². The largest absolute Gasteiger partial charge is 0.508 e. The van der Waals surface area contributed by atoms with E-state index in [2.05, 4.69) is 82.3 Å². The lowest BCUT2D eigenvalue weighted by Gasteiger charge is -2.22. The molecule has 248 valence electrons. The summed E-state index contributed by atoms with van der Waals surface area (Å²) in [5.41, 5.74) is 4.67. The first-order valence-electron chi connectivity index (χ1n) is 18.3. The van der Waals surface area contributed by atoms with Crippen molar-refractivity contribution < 1.29 is 14.6 Å². The standard InChI is InChI=1S/C42H62O3/c1-5-7-9-11-13-15-17-24-36-26-19-21-30-41(36)44-34(3)32-38-28-23-29-40(43)39(38)33-35(4)45-42-31-22-20-27-37(42)25-18-16-14-12-10-8-6-2/h19-23,26-31,34-35,43H,5-18,24-25,32-33H2,1-4H3. The maximum atomic E-state index is 10.9. The zero-order valence-electron chi connectivity index (χ0n) is 29.0. The molecule has 0 radical (unpaired) electrons. The Morgan fingerprint density at radius 1 is 0.489 bits per heavy atom. The van der Waals surface area contributed by atoms with Crippen molar-refractivity contribution in [3.8, 4) is 17.2 Å². The van der Waals surface area contributed by atoms with E-state index in [0.717, 1.165) is 41.9 Å². The summed E-state index contributed by atoms with van der Waals surface area (Å²) >= 11 is 0. The summed E-state index contributed by atoms with van der Waals surface area (Å²) < 4.78 is 13.0. The van der Waals surface area contributed by atoms with Crippen LogP contribution in [-0.4, -0.2) is 17.3 Å². The molecule has 45 heavy (non-hydrogen) atoms. The lowest BCUT2D eigenvalue weighted by Crippen LogP contribution is -2.20. The molecular formula is C42H62O3. The van der Waals surface area contributed by atoms with Crippen LogP contribution in [0.2, 0.25) is 0 Å². The van der Waals surface area contributed by atoms with Crippen LogP contribution in [0.1, 0.15) is 140 Å². The molecule has 2 atom stereocenters. The molecule has 0 saturated heterocycles. The van der Waals surface area contributed by atoms with E-state index in [0.29, 0.717) is 12.2 Å². The SMILES string of the molecule is CCCCCCCCCc1ccccc1OC(C)Cc1cccc(O)c1CC(C)Oc1ccccc1CCCCCCCCC. The molecule has 0 amide bonds. The van der Waals surface area contributed by atoms with Gasteiger partial charge in [-0.1, -0.05) is 139 Å². The normalized spacial score (nSPS) is 12.6. The van der Waals surface area contributed by atoms with Crippen LogP contribution in [-0.2, 0) is 25.7 Å². The molecule has 3 aromatic rings. The number of phenols is 1. The number of unbranched alkanes of at least 4 members (excludes halogenated alkanes) is 12. The quantitative estimate of drug-likeness (QED) is 0.102. The molecule has 3 rings (SSSR count). The zero-order valence-corrected chi connectivity index (χ0v) is 29.0. The smallest absolute Gasteiger partial charge is 0.122 e. The lowest BCUT2D eigenvalue weighted by molar-refractivity contribution is 0.212. The lowest BCUT2D eigenvalue weighted by atomic mass is 9.96. The van der Waals surface area contributed by atoms with Crippen molar-refractivity contribution in [2.24, 2.45) is 0 Å². The first kappa shape index (κ1) is 36.5. The van der Waals surface area contributed by atoms with Gasteiger partial charge in [0.05, 0.1) is 6.10 Å². The second kappa shape index (κ2) is 21.7. The van der Waals surface area contributed by atoms with Gasteiger partial charge in [0.2, 0.25) is 0 Å². The molecule has 1 N–H and O–H groups in total. The van der Waals surface area contributed by atoms with E-state index in [4.69, 9.17) is 9.47 Å². The first-order chi connectivity index (χ1) is 22.0. The van der Waals surface area contributed by atoms with Crippen molar-refractivity contribution >= 4 is 0 Å². The molecule has 0 heterocycles. The van der Waals surface area contributed by atoms with Crippen LogP contribution >= 0.6 is 0 Å². The molecule has 0 aliphatic rings. The van der Waals surface area contributed by atoms with Gasteiger partial charge in [-0.2, -0.15) is 0 Å². The van der Waals surface area contributed by atoms with Crippen molar-refractivity contribution in [3.05, 3.63) is 89.0 Å². The van der Waals surface area contributed by atoms with Crippen LogP contribution in [0.4, 0.5) is 0 Å². The van der Waals surface area contributed by atoms with Crippen molar-refractivity contribution in [2.45, 2.75) is 155 Å². The molecule has 0 spiro atoms. The number of benzene rings is 3. The third-order valence-corrected chi connectivity index (χ3v) is 8.95. The van der Waals surface area contributed by atoms with Gasteiger partial charge in [-0.05, 0) is 74.4 Å². The van der Waals surface area contributed by atoms with Gasteiger partial charge in [0.1, 0.15) is 23.4 Å². The Morgan fingerprint density at radius 2 is 0.911 bits per heavy atom. The number of para-hydroxylation sites is 2. The van der Waals surface area contributed by atoms with Crippen molar-refractivity contribution in [3.63, 3.8) is 0 Å². The van der Waals surface area contributed by atoms with E-state index >= 15 is 0 Å². The average molecular weight is 615 g/mol. The van der Waals surface area contributed by atoms with Gasteiger partial charge < -0.3 is 14.6 Å². The summed E-state index contributed by atoms with van der Waals surface area (Å²) in [6.45, 7) is 8.79. The maximum Gasteiger partial charge on any atom is 0.122 e. The molecule has 2 unspecified atom stereocenters. The summed E-state index contributed by atoms with van der Waals surface area (Å²) in [6, 6.07) is 22.8. The third-order valence-electron chi connectivity index (χ3n) is 8.95. The van der Waals surface area contributed by atoms with Crippen LogP contribution in [0, 0.1) is 0 Å². The van der Waals surface area contributed by atoms with Crippen LogP contribution in [0.25, 0.3) is 0 Å². The Labute approximate surface area is 275 Å². The highest BCUT2D eigenvalue weighted by molar-refractivity contribution is 5.41. The predicted molar refractivity (Wildman–Crippen MR) is 192 cm³/mol.